The van der Waals surface area contributed by atoms with Gasteiger partial charge >= 0.3 is 0 Å². The predicted molar refractivity (Wildman–Crippen MR) is 58.6 cm³/mol. The fraction of sp³-hybridized carbons (Fsp3) is 0.100. The first-order valence-electron chi connectivity index (χ1n) is 4.05. The monoisotopic (exact) mass is 210 g/mol. The molecule has 0 fully saturated rings. The Labute approximate surface area is 87.5 Å². The molecule has 0 unspecified atom stereocenters. The zero-order valence-electron chi connectivity index (χ0n) is 7.74. The molecule has 74 valence electrons. The van der Waals surface area contributed by atoms with Crippen LogP contribution < -0.4 is 5.73 Å². The van der Waals surface area contributed by atoms with E-state index in [1.54, 1.807) is 12.1 Å². The van der Waals surface area contributed by atoms with Gasteiger partial charge in [0, 0.05) is 5.02 Å². The number of amidine groups is 1. The number of hydrogen-bond acceptors (Lipinski definition) is 2. The Morgan fingerprint density at radius 3 is 2.86 bits per heavy atom. The first-order valence-corrected chi connectivity index (χ1v) is 4.43. The highest BCUT2D eigenvalue weighted by molar-refractivity contribution is 6.30. The number of oxime groups is 1. The summed E-state index contributed by atoms with van der Waals surface area (Å²) in [6, 6.07) is 5.52. The first kappa shape index (κ1) is 10.6. The number of benzene rings is 1. The smallest absolute Gasteiger partial charge is 0.162 e. The molecule has 0 aliphatic carbocycles. The van der Waals surface area contributed by atoms with Crippen LogP contribution in [-0.2, 0) is 0 Å². The molecule has 0 saturated carbocycles. The van der Waals surface area contributed by atoms with Gasteiger partial charge in [-0.2, -0.15) is 0 Å². The number of nitrogens with two attached hydrogens (primary N) is 1. The second-order valence-corrected chi connectivity index (χ2v) is 3.30. The average molecular weight is 211 g/mol. The minimum atomic E-state index is 0.0688. The van der Waals surface area contributed by atoms with Crippen molar-refractivity contribution in [3.63, 3.8) is 0 Å². The molecule has 0 radical (unpaired) electrons. The van der Waals surface area contributed by atoms with Crippen LogP contribution in [0.25, 0.3) is 6.08 Å². The molecule has 1 aromatic rings. The van der Waals surface area contributed by atoms with Crippen molar-refractivity contribution >= 4 is 23.5 Å². The van der Waals surface area contributed by atoms with Gasteiger partial charge in [0.15, 0.2) is 5.84 Å². The van der Waals surface area contributed by atoms with E-state index >= 15 is 0 Å². The van der Waals surface area contributed by atoms with Crippen molar-refractivity contribution in [2.45, 2.75) is 6.92 Å². The lowest BCUT2D eigenvalue weighted by Gasteiger charge is -1.99. The highest BCUT2D eigenvalue weighted by atomic mass is 35.5. The molecule has 0 heterocycles. The van der Waals surface area contributed by atoms with Gasteiger partial charge in [-0.05, 0) is 36.3 Å². The topological polar surface area (TPSA) is 58.6 Å². The summed E-state index contributed by atoms with van der Waals surface area (Å²) < 4.78 is 0. The van der Waals surface area contributed by atoms with Crippen molar-refractivity contribution in [3.8, 4) is 0 Å². The summed E-state index contributed by atoms with van der Waals surface area (Å²) in [4.78, 5) is 0. The Morgan fingerprint density at radius 1 is 1.57 bits per heavy atom. The number of aryl methyl sites for hydroxylation is 1. The highest BCUT2D eigenvalue weighted by Crippen LogP contribution is 2.16. The van der Waals surface area contributed by atoms with Gasteiger partial charge in [-0.3, -0.25) is 0 Å². The van der Waals surface area contributed by atoms with Crippen LogP contribution in [0.5, 0.6) is 0 Å². The molecule has 1 rings (SSSR count). The molecule has 14 heavy (non-hydrogen) atoms. The standard InChI is InChI=1S/C10H11ClN2O/c1-7-6-9(11)4-2-8(7)3-5-10(12)13-14/h2-6,14H,1H3,(H2,12,13)/b5-3+. The zero-order chi connectivity index (χ0) is 10.6. The lowest BCUT2D eigenvalue weighted by Crippen LogP contribution is -2.06. The molecular formula is C10H11ClN2O. The van der Waals surface area contributed by atoms with Crippen molar-refractivity contribution in [2.75, 3.05) is 0 Å². The Hall–Kier alpha value is -1.48. The molecule has 0 spiro atoms. The van der Waals surface area contributed by atoms with Crippen molar-refractivity contribution in [1.29, 1.82) is 0 Å². The third-order valence-electron chi connectivity index (χ3n) is 1.78. The normalized spacial score (nSPS) is 12.3. The summed E-state index contributed by atoms with van der Waals surface area (Å²) in [6.45, 7) is 1.94. The van der Waals surface area contributed by atoms with E-state index in [1.165, 1.54) is 6.08 Å². The second kappa shape index (κ2) is 4.67. The number of rotatable bonds is 2. The van der Waals surface area contributed by atoms with E-state index < -0.39 is 0 Å². The Morgan fingerprint density at radius 2 is 2.29 bits per heavy atom. The van der Waals surface area contributed by atoms with E-state index in [9.17, 15) is 0 Å². The summed E-state index contributed by atoms with van der Waals surface area (Å²) in [7, 11) is 0. The molecular weight excluding hydrogens is 200 g/mol. The van der Waals surface area contributed by atoms with Gasteiger partial charge < -0.3 is 10.9 Å². The van der Waals surface area contributed by atoms with Crippen molar-refractivity contribution < 1.29 is 5.21 Å². The second-order valence-electron chi connectivity index (χ2n) is 2.86. The summed E-state index contributed by atoms with van der Waals surface area (Å²) in [6.07, 6.45) is 3.29. The number of halogens is 1. The maximum absolute atomic E-state index is 8.32. The maximum atomic E-state index is 8.32. The fourth-order valence-corrected chi connectivity index (χ4v) is 1.26. The zero-order valence-corrected chi connectivity index (χ0v) is 8.49. The van der Waals surface area contributed by atoms with E-state index in [1.807, 2.05) is 19.1 Å². The summed E-state index contributed by atoms with van der Waals surface area (Å²) in [5, 5.41) is 11.8. The quantitative estimate of drug-likeness (QED) is 0.341. The van der Waals surface area contributed by atoms with Crippen molar-refractivity contribution in [3.05, 3.63) is 40.4 Å². The minimum Gasteiger partial charge on any atom is -0.409 e. The van der Waals surface area contributed by atoms with E-state index in [0.29, 0.717) is 5.02 Å². The third kappa shape index (κ3) is 2.78. The molecule has 0 aliphatic rings. The van der Waals surface area contributed by atoms with Gasteiger partial charge in [0.05, 0.1) is 0 Å². The van der Waals surface area contributed by atoms with Crippen LogP contribution in [0.3, 0.4) is 0 Å². The van der Waals surface area contributed by atoms with Crippen LogP contribution in [0.1, 0.15) is 11.1 Å². The van der Waals surface area contributed by atoms with E-state index in [4.69, 9.17) is 22.5 Å². The summed E-state index contributed by atoms with van der Waals surface area (Å²) >= 11 is 5.79. The van der Waals surface area contributed by atoms with Crippen LogP contribution in [0.4, 0.5) is 0 Å². The molecule has 4 heteroatoms. The van der Waals surface area contributed by atoms with Crippen molar-refractivity contribution in [1.82, 2.24) is 0 Å². The summed E-state index contributed by atoms with van der Waals surface area (Å²) in [5.74, 6) is 0.0688. The van der Waals surface area contributed by atoms with E-state index in [-0.39, 0.29) is 5.84 Å². The van der Waals surface area contributed by atoms with Gasteiger partial charge in [-0.1, -0.05) is 28.9 Å². The van der Waals surface area contributed by atoms with Gasteiger partial charge in [0.2, 0.25) is 0 Å². The Bertz CT molecular complexity index is 386. The molecule has 0 aromatic heterocycles. The molecule has 0 amide bonds. The first-order chi connectivity index (χ1) is 6.63. The minimum absolute atomic E-state index is 0.0688. The lowest BCUT2D eigenvalue weighted by atomic mass is 10.1. The molecule has 0 bridgehead atoms. The Balaban J connectivity index is 2.93. The van der Waals surface area contributed by atoms with E-state index in [2.05, 4.69) is 5.16 Å². The number of hydrogen-bond donors (Lipinski definition) is 2. The van der Waals surface area contributed by atoms with Crippen LogP contribution in [-0.4, -0.2) is 11.0 Å². The van der Waals surface area contributed by atoms with Gasteiger partial charge in [0.1, 0.15) is 0 Å². The number of nitrogens with zero attached hydrogens (tertiary/aromatic N) is 1. The van der Waals surface area contributed by atoms with Gasteiger partial charge in [0.25, 0.3) is 0 Å². The van der Waals surface area contributed by atoms with Gasteiger partial charge in [-0.15, -0.1) is 0 Å². The fourth-order valence-electron chi connectivity index (χ4n) is 1.03. The van der Waals surface area contributed by atoms with Crippen LogP contribution >= 0.6 is 11.6 Å². The molecule has 3 N–H and O–H groups in total. The van der Waals surface area contributed by atoms with Crippen LogP contribution in [0.2, 0.25) is 5.02 Å². The van der Waals surface area contributed by atoms with Gasteiger partial charge in [-0.25, -0.2) is 0 Å². The Kier molecular flexibility index (Phi) is 3.54. The molecule has 0 saturated heterocycles. The molecule has 0 atom stereocenters. The SMILES string of the molecule is Cc1cc(Cl)ccc1/C=C/C(N)=N\O. The molecule has 3 nitrogen and oxygen atoms in total. The summed E-state index contributed by atoms with van der Waals surface area (Å²) in [5.41, 5.74) is 7.32. The highest BCUT2D eigenvalue weighted by Gasteiger charge is 1.95. The lowest BCUT2D eigenvalue weighted by molar-refractivity contribution is 0.319. The third-order valence-corrected chi connectivity index (χ3v) is 2.02. The van der Waals surface area contributed by atoms with Crippen molar-refractivity contribution in [2.24, 2.45) is 10.9 Å². The van der Waals surface area contributed by atoms with Crippen LogP contribution in [0.15, 0.2) is 29.4 Å². The average Bonchev–Trinajstić information content (AvgIpc) is 2.16. The van der Waals surface area contributed by atoms with E-state index in [0.717, 1.165) is 11.1 Å². The largest absolute Gasteiger partial charge is 0.409 e. The molecule has 0 aliphatic heterocycles. The van der Waals surface area contributed by atoms with Crippen LogP contribution in [0, 0.1) is 6.92 Å². The molecule has 1 aromatic carbocycles. The maximum Gasteiger partial charge on any atom is 0.162 e. The predicted octanol–water partition coefficient (Wildman–Crippen LogP) is 2.41.